The molecule has 5 heteroatoms. The highest BCUT2D eigenvalue weighted by atomic mass is 16.5. The lowest BCUT2D eigenvalue weighted by Crippen LogP contribution is -2.30. The van der Waals surface area contributed by atoms with Crippen LogP contribution in [0.1, 0.15) is 22.8 Å². The highest BCUT2D eigenvalue weighted by Gasteiger charge is 2.21. The molecule has 0 heterocycles. The van der Waals surface area contributed by atoms with Gasteiger partial charge in [0.1, 0.15) is 0 Å². The van der Waals surface area contributed by atoms with Gasteiger partial charge in [0.05, 0.1) is 11.3 Å². The molecule has 0 spiro atoms. The van der Waals surface area contributed by atoms with E-state index >= 15 is 0 Å². The van der Waals surface area contributed by atoms with Crippen LogP contribution in [0.5, 0.6) is 0 Å². The van der Waals surface area contributed by atoms with Crippen molar-refractivity contribution in [2.24, 2.45) is 0 Å². The lowest BCUT2D eigenvalue weighted by atomic mass is 10.1. The lowest BCUT2D eigenvalue weighted by molar-refractivity contribution is -0.123. The number of para-hydroxylation sites is 2. The zero-order valence-corrected chi connectivity index (χ0v) is 15.8. The molecule has 0 aliphatic heterocycles. The molecule has 0 aliphatic carbocycles. The van der Waals surface area contributed by atoms with Crippen molar-refractivity contribution >= 4 is 28.9 Å². The van der Waals surface area contributed by atoms with Gasteiger partial charge in [0.15, 0.2) is 6.10 Å². The number of hydrogen-bond acceptors (Lipinski definition) is 4. The molecule has 0 saturated heterocycles. The Morgan fingerprint density at radius 1 is 0.821 bits per heavy atom. The number of ether oxygens (including phenoxy) is 1. The predicted octanol–water partition coefficient (Wildman–Crippen LogP) is 4.92. The summed E-state index contributed by atoms with van der Waals surface area (Å²) in [6.07, 6.45) is -0.932. The molecular formula is C23H22N2O3. The number of amides is 1. The van der Waals surface area contributed by atoms with Gasteiger partial charge in [-0.1, -0.05) is 48.0 Å². The largest absolute Gasteiger partial charge is 0.449 e. The molecule has 3 aromatic carbocycles. The van der Waals surface area contributed by atoms with E-state index in [-0.39, 0.29) is 5.91 Å². The zero-order valence-electron chi connectivity index (χ0n) is 15.8. The zero-order chi connectivity index (χ0) is 19.9. The number of aryl methyl sites for hydroxylation is 1. The quantitative estimate of drug-likeness (QED) is 0.601. The van der Waals surface area contributed by atoms with E-state index in [1.54, 1.807) is 37.3 Å². The number of esters is 1. The molecule has 142 valence electrons. The molecule has 0 fully saturated rings. The van der Waals surface area contributed by atoms with E-state index < -0.39 is 12.1 Å². The van der Waals surface area contributed by atoms with Crippen LogP contribution in [0.4, 0.5) is 17.1 Å². The first-order chi connectivity index (χ1) is 13.5. The average molecular weight is 374 g/mol. The summed E-state index contributed by atoms with van der Waals surface area (Å²) in [7, 11) is 0. The second-order valence-electron chi connectivity index (χ2n) is 6.44. The van der Waals surface area contributed by atoms with Gasteiger partial charge in [-0.25, -0.2) is 4.79 Å². The third-order valence-electron chi connectivity index (χ3n) is 4.17. The summed E-state index contributed by atoms with van der Waals surface area (Å²) in [6, 6.07) is 24.0. The van der Waals surface area contributed by atoms with Crippen LogP contribution < -0.4 is 10.6 Å². The molecule has 0 bridgehead atoms. The van der Waals surface area contributed by atoms with Gasteiger partial charge in [0.2, 0.25) is 0 Å². The Bertz CT molecular complexity index is 953. The van der Waals surface area contributed by atoms with E-state index in [1.165, 1.54) is 0 Å². The minimum absolute atomic E-state index is 0.362. The van der Waals surface area contributed by atoms with Gasteiger partial charge in [0.25, 0.3) is 5.91 Å². The van der Waals surface area contributed by atoms with E-state index in [1.807, 2.05) is 55.5 Å². The van der Waals surface area contributed by atoms with Gasteiger partial charge in [-0.15, -0.1) is 0 Å². The second kappa shape index (κ2) is 8.86. The SMILES string of the molecule is Cc1ccc(NC(=O)[C@H](C)OC(=O)c2ccccc2Nc2ccccc2)cc1. The fraction of sp³-hybridized carbons (Fsp3) is 0.130. The van der Waals surface area contributed by atoms with Crippen molar-refractivity contribution in [1.82, 2.24) is 0 Å². The summed E-state index contributed by atoms with van der Waals surface area (Å²) in [5.74, 6) is -0.948. The van der Waals surface area contributed by atoms with Crippen molar-refractivity contribution < 1.29 is 14.3 Å². The molecule has 0 aliphatic rings. The Morgan fingerprint density at radius 3 is 2.18 bits per heavy atom. The van der Waals surface area contributed by atoms with E-state index in [0.717, 1.165) is 11.3 Å². The normalized spacial score (nSPS) is 11.4. The first-order valence-corrected chi connectivity index (χ1v) is 9.02. The monoisotopic (exact) mass is 374 g/mol. The summed E-state index contributed by atoms with van der Waals surface area (Å²) < 4.78 is 5.38. The topological polar surface area (TPSA) is 67.4 Å². The predicted molar refractivity (Wildman–Crippen MR) is 111 cm³/mol. The number of carbonyl (C=O) groups is 2. The maximum Gasteiger partial charge on any atom is 0.341 e. The molecule has 0 aromatic heterocycles. The van der Waals surface area contributed by atoms with Gasteiger partial charge < -0.3 is 15.4 Å². The third-order valence-corrected chi connectivity index (χ3v) is 4.17. The first-order valence-electron chi connectivity index (χ1n) is 9.02. The summed E-state index contributed by atoms with van der Waals surface area (Å²) in [5, 5.41) is 5.95. The summed E-state index contributed by atoms with van der Waals surface area (Å²) >= 11 is 0. The van der Waals surface area contributed by atoms with Gasteiger partial charge in [-0.2, -0.15) is 0 Å². The third kappa shape index (κ3) is 4.98. The van der Waals surface area contributed by atoms with Crippen LogP contribution in [0.25, 0.3) is 0 Å². The van der Waals surface area contributed by atoms with Crippen molar-refractivity contribution in [1.29, 1.82) is 0 Å². The van der Waals surface area contributed by atoms with Crippen LogP contribution in [0.2, 0.25) is 0 Å². The molecule has 0 unspecified atom stereocenters. The number of benzene rings is 3. The van der Waals surface area contributed by atoms with Crippen molar-refractivity contribution in [3.63, 3.8) is 0 Å². The van der Waals surface area contributed by atoms with Crippen molar-refractivity contribution in [2.45, 2.75) is 20.0 Å². The maximum absolute atomic E-state index is 12.6. The lowest BCUT2D eigenvalue weighted by Gasteiger charge is -2.16. The highest BCUT2D eigenvalue weighted by Crippen LogP contribution is 2.22. The molecule has 3 aromatic rings. The minimum Gasteiger partial charge on any atom is -0.449 e. The van der Waals surface area contributed by atoms with E-state index in [0.29, 0.717) is 16.9 Å². The van der Waals surface area contributed by atoms with Crippen molar-refractivity contribution in [3.05, 3.63) is 90.0 Å². The number of rotatable bonds is 6. The van der Waals surface area contributed by atoms with Crippen molar-refractivity contribution in [3.8, 4) is 0 Å². The Kier molecular flexibility index (Phi) is 6.07. The van der Waals surface area contributed by atoms with Gasteiger partial charge >= 0.3 is 5.97 Å². The fourth-order valence-electron chi connectivity index (χ4n) is 2.61. The Hall–Kier alpha value is -3.60. The molecule has 5 nitrogen and oxygen atoms in total. The van der Waals surface area contributed by atoms with Gasteiger partial charge in [0, 0.05) is 11.4 Å². The standard InChI is InChI=1S/C23H22N2O3/c1-16-12-14-19(15-13-16)25-22(26)17(2)28-23(27)20-10-6-7-11-21(20)24-18-8-4-3-5-9-18/h3-15,17,24H,1-2H3,(H,25,26)/t17-/m0/s1. The smallest absolute Gasteiger partial charge is 0.341 e. The maximum atomic E-state index is 12.6. The summed E-state index contributed by atoms with van der Waals surface area (Å²) in [5.41, 5.74) is 3.59. The second-order valence-corrected chi connectivity index (χ2v) is 6.44. The molecule has 1 atom stereocenters. The highest BCUT2D eigenvalue weighted by molar-refractivity contribution is 6.00. The number of hydrogen-bond donors (Lipinski definition) is 2. The van der Waals surface area contributed by atoms with E-state index in [4.69, 9.17) is 4.74 Å². The number of carbonyl (C=O) groups excluding carboxylic acids is 2. The van der Waals surface area contributed by atoms with Gasteiger partial charge in [-0.3, -0.25) is 4.79 Å². The fourth-order valence-corrected chi connectivity index (χ4v) is 2.61. The number of nitrogens with one attached hydrogen (secondary N) is 2. The number of anilines is 3. The van der Waals surface area contributed by atoms with Crippen molar-refractivity contribution in [2.75, 3.05) is 10.6 Å². The van der Waals surface area contributed by atoms with E-state index in [9.17, 15) is 9.59 Å². The Labute approximate surface area is 164 Å². The molecule has 2 N–H and O–H groups in total. The summed E-state index contributed by atoms with van der Waals surface area (Å²) in [4.78, 5) is 25.0. The van der Waals surface area contributed by atoms with Crippen LogP contribution in [-0.4, -0.2) is 18.0 Å². The Morgan fingerprint density at radius 2 is 1.46 bits per heavy atom. The van der Waals surface area contributed by atoms with Crippen LogP contribution >= 0.6 is 0 Å². The molecule has 3 rings (SSSR count). The van der Waals surface area contributed by atoms with E-state index in [2.05, 4.69) is 10.6 Å². The van der Waals surface area contributed by atoms with Crippen LogP contribution in [-0.2, 0) is 9.53 Å². The first kappa shape index (κ1) is 19.2. The average Bonchev–Trinajstić information content (AvgIpc) is 2.70. The molecule has 28 heavy (non-hydrogen) atoms. The molecule has 0 radical (unpaired) electrons. The summed E-state index contributed by atoms with van der Waals surface area (Å²) in [6.45, 7) is 3.52. The minimum atomic E-state index is -0.932. The van der Waals surface area contributed by atoms with Gasteiger partial charge in [-0.05, 0) is 50.2 Å². The molecular weight excluding hydrogens is 352 g/mol. The van der Waals surface area contributed by atoms with Crippen LogP contribution in [0, 0.1) is 6.92 Å². The van der Waals surface area contributed by atoms with Crippen LogP contribution in [0.15, 0.2) is 78.9 Å². The molecule has 1 amide bonds. The molecule has 0 saturated carbocycles. The Balaban J connectivity index is 1.67. The van der Waals surface area contributed by atoms with Crippen LogP contribution in [0.3, 0.4) is 0 Å².